The molecule has 80 heavy (non-hydrogen) atoms. The molecule has 0 spiro atoms. The Kier molecular flexibility index (Phi) is 25.8. The Labute approximate surface area is 467 Å². The molecule has 0 bridgehead atoms. The average molecular weight is 1160 g/mol. The summed E-state index contributed by atoms with van der Waals surface area (Å²) in [4.78, 5) is 168. The number of carbonyl (C=O) groups excluding carboxylic acids is 12. The molecule has 0 radical (unpaired) electrons. The Morgan fingerprint density at radius 1 is 0.713 bits per heavy atom. The molecule has 436 valence electrons. The highest BCUT2D eigenvalue weighted by Crippen LogP contribution is 2.26. The molecule has 0 aromatic heterocycles. The van der Waals surface area contributed by atoms with Gasteiger partial charge in [0.25, 0.3) is 0 Å². The number of aromatic hydroxyl groups is 1. The van der Waals surface area contributed by atoms with Crippen molar-refractivity contribution >= 4 is 98.4 Å². The zero-order valence-corrected chi connectivity index (χ0v) is 45.4. The van der Waals surface area contributed by atoms with Crippen molar-refractivity contribution < 1.29 is 62.6 Å². The van der Waals surface area contributed by atoms with Crippen LogP contribution in [0, 0.1) is 0 Å². The molecule has 2 aromatic carbocycles. The number of likely N-dealkylation sites (tertiary alicyclic amines) is 1. The van der Waals surface area contributed by atoms with E-state index in [1.165, 1.54) is 31.2 Å². The molecule has 2 heterocycles. The second kappa shape index (κ2) is 32.0. The molecule has 2 aromatic rings. The summed E-state index contributed by atoms with van der Waals surface area (Å²) >= 11 is 0. The molecule has 2 aliphatic heterocycles. The number of hydrogen-bond donors (Lipinski definition) is 15. The average Bonchev–Trinajstić information content (AvgIpc) is 3.90. The molecule has 0 aliphatic carbocycles. The maximum Gasteiger partial charge on any atom is 0.246 e. The fourth-order valence-corrected chi connectivity index (χ4v) is 10.5. The number of nitrogens with zero attached hydrogens (tertiary/aromatic N) is 2. The van der Waals surface area contributed by atoms with Gasteiger partial charge in [-0.15, -0.1) is 0 Å². The molecule has 2 saturated heterocycles. The van der Waals surface area contributed by atoms with E-state index >= 15 is 0 Å². The van der Waals surface area contributed by atoms with E-state index in [4.69, 9.17) is 34.4 Å². The first-order valence-electron chi connectivity index (χ1n) is 25.3. The molecule has 21 N–H and O–H groups in total. The van der Waals surface area contributed by atoms with Gasteiger partial charge in [-0.2, -0.15) is 0 Å². The zero-order chi connectivity index (χ0) is 59.1. The summed E-state index contributed by atoms with van der Waals surface area (Å²) in [5, 5.41) is 30.3. The lowest BCUT2D eigenvalue weighted by Gasteiger charge is -2.31. The van der Waals surface area contributed by atoms with Crippen molar-refractivity contribution in [3.63, 3.8) is 0 Å². The van der Waals surface area contributed by atoms with Crippen LogP contribution < -0.4 is 76.9 Å². The SMILES string of the molecule is CC(N)C(=O)NC1CSSCC(C(=O)N2CCCC2C(=O)NC(CCCN=C(N)N)C(=O)NCC(N)=O)NC(=O)C(CC(N)=O)NC(=O)C(CCC(N)=O)NC(=O)C(Cc2ccccc2)NC(=O)C(Cc2ccc(O)cc2)NC1=O. The first-order chi connectivity index (χ1) is 37.9. The summed E-state index contributed by atoms with van der Waals surface area (Å²) in [6.07, 6.45) is -1.72. The largest absolute Gasteiger partial charge is 0.508 e. The van der Waals surface area contributed by atoms with Gasteiger partial charge >= 0.3 is 0 Å². The maximum atomic E-state index is 14.8. The first-order valence-corrected chi connectivity index (χ1v) is 27.8. The lowest BCUT2D eigenvalue weighted by Crippen LogP contribution is -2.61. The molecule has 2 fully saturated rings. The second-order valence-electron chi connectivity index (χ2n) is 18.8. The van der Waals surface area contributed by atoms with Crippen LogP contribution in [-0.2, 0) is 70.4 Å². The smallest absolute Gasteiger partial charge is 0.246 e. The van der Waals surface area contributed by atoms with Crippen LogP contribution in [0.1, 0.15) is 63.0 Å². The number of primary amides is 3. The van der Waals surface area contributed by atoms with Gasteiger partial charge in [-0.25, -0.2) is 0 Å². The highest BCUT2D eigenvalue weighted by molar-refractivity contribution is 8.76. The molecule has 0 saturated carbocycles. The predicted molar refractivity (Wildman–Crippen MR) is 293 cm³/mol. The van der Waals surface area contributed by atoms with Crippen LogP contribution in [0.5, 0.6) is 5.75 Å². The van der Waals surface area contributed by atoms with E-state index in [1.54, 1.807) is 30.3 Å². The summed E-state index contributed by atoms with van der Waals surface area (Å²) in [6.45, 7) is 0.844. The van der Waals surface area contributed by atoms with Gasteiger partial charge in [0, 0.05) is 43.9 Å². The third-order valence-corrected chi connectivity index (χ3v) is 14.8. The van der Waals surface area contributed by atoms with E-state index in [9.17, 15) is 62.6 Å². The summed E-state index contributed by atoms with van der Waals surface area (Å²) < 4.78 is 0. The number of benzene rings is 2. The van der Waals surface area contributed by atoms with Crippen LogP contribution in [-0.4, -0.2) is 172 Å². The van der Waals surface area contributed by atoms with Crippen molar-refractivity contribution in [2.75, 3.05) is 31.1 Å². The predicted octanol–water partition coefficient (Wildman–Crippen LogP) is -5.90. The number of phenolic OH excluding ortho intramolecular Hbond substituents is 1. The van der Waals surface area contributed by atoms with E-state index in [1.807, 2.05) is 0 Å². The Balaban J connectivity index is 1.79. The number of guanidine groups is 1. The number of amides is 12. The molecule has 29 nitrogen and oxygen atoms in total. The molecular formula is C49H70N16O13S2. The summed E-state index contributed by atoms with van der Waals surface area (Å²) in [5.41, 5.74) is 33.9. The molecule has 9 unspecified atom stereocenters. The van der Waals surface area contributed by atoms with Crippen molar-refractivity contribution in [1.82, 2.24) is 47.4 Å². The number of carbonyl (C=O) groups is 12. The van der Waals surface area contributed by atoms with Gasteiger partial charge in [0.2, 0.25) is 70.9 Å². The summed E-state index contributed by atoms with van der Waals surface area (Å²) in [6, 6.07) is 0.888. The summed E-state index contributed by atoms with van der Waals surface area (Å²) in [7, 11) is 1.85. The molecule has 4 rings (SSSR count). The molecular weight excluding hydrogens is 1080 g/mol. The monoisotopic (exact) mass is 1150 g/mol. The third-order valence-electron chi connectivity index (χ3n) is 12.3. The Bertz CT molecular complexity index is 2590. The van der Waals surface area contributed by atoms with Crippen molar-refractivity contribution in [3.05, 3.63) is 65.7 Å². The van der Waals surface area contributed by atoms with Crippen LogP contribution in [0.25, 0.3) is 0 Å². The fourth-order valence-electron chi connectivity index (χ4n) is 8.20. The molecule has 9 atom stereocenters. The van der Waals surface area contributed by atoms with Gasteiger partial charge in [-0.1, -0.05) is 64.1 Å². The van der Waals surface area contributed by atoms with E-state index in [0.29, 0.717) is 11.1 Å². The first kappa shape index (κ1) is 64.3. The van der Waals surface area contributed by atoms with Gasteiger partial charge in [0.15, 0.2) is 5.96 Å². The van der Waals surface area contributed by atoms with E-state index < -0.39 is 151 Å². The van der Waals surface area contributed by atoms with E-state index in [0.717, 1.165) is 26.5 Å². The second-order valence-corrected chi connectivity index (χ2v) is 21.4. The number of hydrogen-bond acceptors (Lipinski definition) is 17. The van der Waals surface area contributed by atoms with Gasteiger partial charge in [-0.3, -0.25) is 62.5 Å². The molecule has 2 aliphatic rings. The van der Waals surface area contributed by atoms with Crippen molar-refractivity contribution in [2.24, 2.45) is 39.4 Å². The summed E-state index contributed by atoms with van der Waals surface area (Å²) in [5.74, 6) is -12.0. The lowest BCUT2D eigenvalue weighted by molar-refractivity contribution is -0.142. The number of nitrogens with one attached hydrogen (secondary N) is 8. The van der Waals surface area contributed by atoms with Crippen molar-refractivity contribution in [2.45, 2.75) is 119 Å². The quantitative estimate of drug-likeness (QED) is 0.0240. The molecule has 12 amide bonds. The molecule has 31 heteroatoms. The van der Waals surface area contributed by atoms with E-state index in [2.05, 4.69) is 47.5 Å². The third kappa shape index (κ3) is 21.6. The van der Waals surface area contributed by atoms with Crippen LogP contribution in [0.15, 0.2) is 59.6 Å². The highest BCUT2D eigenvalue weighted by atomic mass is 33.1. The number of rotatable bonds is 21. The minimum absolute atomic E-state index is 0.0232. The number of nitrogens with two attached hydrogens (primary N) is 6. The minimum atomic E-state index is -1.84. The Morgan fingerprint density at radius 2 is 1.29 bits per heavy atom. The Hall–Kier alpha value is -8.19. The maximum absolute atomic E-state index is 14.8. The van der Waals surface area contributed by atoms with Crippen molar-refractivity contribution in [3.8, 4) is 5.75 Å². The van der Waals surface area contributed by atoms with E-state index in [-0.39, 0.29) is 74.8 Å². The van der Waals surface area contributed by atoms with Crippen LogP contribution in [0.2, 0.25) is 0 Å². The lowest BCUT2D eigenvalue weighted by atomic mass is 10.0. The van der Waals surface area contributed by atoms with Gasteiger partial charge in [-0.05, 0) is 62.3 Å². The van der Waals surface area contributed by atoms with Crippen LogP contribution in [0.4, 0.5) is 0 Å². The van der Waals surface area contributed by atoms with Crippen molar-refractivity contribution in [1.29, 1.82) is 0 Å². The van der Waals surface area contributed by atoms with Gasteiger partial charge in [0.1, 0.15) is 54.1 Å². The highest BCUT2D eigenvalue weighted by Gasteiger charge is 2.41. The zero-order valence-electron chi connectivity index (χ0n) is 43.8. The fraction of sp³-hybridized carbons (Fsp3) is 0.490. The Morgan fingerprint density at radius 3 is 1.89 bits per heavy atom. The number of aliphatic imine (C=N–C) groups is 1. The standard InChI is InChI=1S/C49H70N16O13S2/c1-25(50)40(70)63-34-23-79-80-24-35(48(78)65-18-6-10-36(65)47(77)59-29(9-5-17-56-49(54)55)41(71)57-22-39(53)69)64-45(75)33(21-38(52)68)62-42(72)30(15-16-37(51)67)58-43(73)31(19-26-7-3-2-4-8-26)60-44(74)32(61-46(34)76)20-27-11-13-28(66)14-12-27/h2-4,7-8,11-14,25,29-36,66H,5-6,9-10,15-24,50H2,1H3,(H2,51,67)(H2,52,68)(H2,53,69)(H,57,71)(H,58,73)(H,59,77)(H,60,74)(H,61,76)(H,62,72)(H,63,70)(H,64,75)(H4,54,55,56). The van der Waals surface area contributed by atoms with Gasteiger partial charge in [0.05, 0.1) is 19.0 Å². The number of phenols is 1. The van der Waals surface area contributed by atoms with Crippen LogP contribution in [0.3, 0.4) is 0 Å². The topological polar surface area (TPSA) is 493 Å². The van der Waals surface area contributed by atoms with Crippen LogP contribution >= 0.6 is 21.6 Å². The normalized spacial score (nSPS) is 22.2. The minimum Gasteiger partial charge on any atom is -0.508 e. The van der Waals surface area contributed by atoms with Gasteiger partial charge < -0.3 is 86.9 Å².